The number of hydrogen-bond donors (Lipinski definition) is 3. The number of nitrogens with one attached hydrogen (secondary N) is 2. The zero-order valence-corrected chi connectivity index (χ0v) is 11.5. The van der Waals surface area contributed by atoms with Crippen molar-refractivity contribution in [3.05, 3.63) is 24.3 Å². The van der Waals surface area contributed by atoms with Gasteiger partial charge in [-0.1, -0.05) is 18.2 Å². The highest BCUT2D eigenvalue weighted by molar-refractivity contribution is 5.94. The van der Waals surface area contributed by atoms with E-state index < -0.39 is 0 Å². The number of aromatic nitrogens is 1. The number of quaternary nitrogens is 1. The van der Waals surface area contributed by atoms with Crippen LogP contribution in [-0.4, -0.2) is 29.3 Å². The molecule has 102 valence electrons. The van der Waals surface area contributed by atoms with Gasteiger partial charge < -0.3 is 14.6 Å². The zero-order valence-electron chi connectivity index (χ0n) is 11.5. The van der Waals surface area contributed by atoms with E-state index in [1.807, 2.05) is 28.8 Å². The highest BCUT2D eigenvalue weighted by Crippen LogP contribution is 2.37. The summed E-state index contributed by atoms with van der Waals surface area (Å²) in [6.45, 7) is 8.17. The van der Waals surface area contributed by atoms with Crippen LogP contribution in [0.15, 0.2) is 29.4 Å². The van der Waals surface area contributed by atoms with Gasteiger partial charge in [-0.05, 0) is 19.9 Å². The quantitative estimate of drug-likeness (QED) is 0.683. The lowest BCUT2D eigenvalue weighted by molar-refractivity contribution is -0.897. The normalized spacial score (nSPS) is 11.3. The molecule has 0 aliphatic rings. The molecule has 0 radical (unpaired) electrons. The van der Waals surface area contributed by atoms with Crippen molar-refractivity contribution in [2.24, 2.45) is 5.11 Å². The number of benzene rings is 1. The minimum Gasteiger partial charge on any atom is -0.493 e. The van der Waals surface area contributed by atoms with Crippen LogP contribution in [-0.2, 0) is 6.54 Å². The summed E-state index contributed by atoms with van der Waals surface area (Å²) in [5.74, 6) is 0.0998. The van der Waals surface area contributed by atoms with E-state index in [1.165, 1.54) is 4.90 Å². The molecular formula is C14H21N4O+. The second-order valence-corrected chi connectivity index (χ2v) is 4.66. The molecule has 19 heavy (non-hydrogen) atoms. The number of aromatic hydroxyl groups is 1. The number of fused-ring (bicyclic) bond motifs is 1. The van der Waals surface area contributed by atoms with Gasteiger partial charge in [0.2, 0.25) is 5.88 Å². The van der Waals surface area contributed by atoms with Crippen LogP contribution in [0.5, 0.6) is 5.88 Å². The number of para-hydroxylation sites is 1. The Labute approximate surface area is 113 Å². The average Bonchev–Trinajstić information content (AvgIpc) is 2.72. The molecule has 0 amide bonds. The predicted molar refractivity (Wildman–Crippen MR) is 75.3 cm³/mol. The van der Waals surface area contributed by atoms with Crippen LogP contribution in [0.1, 0.15) is 13.8 Å². The first-order valence-electron chi connectivity index (χ1n) is 6.74. The van der Waals surface area contributed by atoms with Crippen molar-refractivity contribution in [2.75, 3.05) is 19.6 Å². The molecule has 0 aliphatic carbocycles. The van der Waals surface area contributed by atoms with Gasteiger partial charge in [0.05, 0.1) is 31.7 Å². The summed E-state index contributed by atoms with van der Waals surface area (Å²) >= 11 is 0. The van der Waals surface area contributed by atoms with E-state index in [9.17, 15) is 5.11 Å². The average molecular weight is 261 g/mol. The Bertz CT molecular complexity index is 572. The topological polar surface area (TPSA) is 65.8 Å². The molecule has 0 spiro atoms. The van der Waals surface area contributed by atoms with Crippen molar-refractivity contribution in [2.45, 2.75) is 20.4 Å². The third-order valence-electron chi connectivity index (χ3n) is 3.72. The van der Waals surface area contributed by atoms with Gasteiger partial charge in [0, 0.05) is 5.39 Å². The second-order valence-electron chi connectivity index (χ2n) is 4.66. The standard InChI is InChI=1S/C14H20N4O/c1-3-17(4-2)9-10-18-12-8-6-5-7-11(12)13(16-15)14(18)19/h5-8,15,19H,3-4,9-10H2,1-2H3/p+1. The maximum atomic E-state index is 10.2. The molecular weight excluding hydrogens is 240 g/mol. The fourth-order valence-electron chi connectivity index (χ4n) is 2.48. The summed E-state index contributed by atoms with van der Waals surface area (Å²) in [7, 11) is 0. The second kappa shape index (κ2) is 5.84. The highest BCUT2D eigenvalue weighted by atomic mass is 16.3. The monoisotopic (exact) mass is 261 g/mol. The first-order valence-corrected chi connectivity index (χ1v) is 6.74. The Kier molecular flexibility index (Phi) is 4.16. The van der Waals surface area contributed by atoms with Crippen molar-refractivity contribution >= 4 is 16.6 Å². The maximum Gasteiger partial charge on any atom is 0.220 e. The van der Waals surface area contributed by atoms with Gasteiger partial charge in [-0.2, -0.15) is 5.11 Å². The van der Waals surface area contributed by atoms with Crippen LogP contribution >= 0.6 is 0 Å². The number of rotatable bonds is 6. The largest absolute Gasteiger partial charge is 0.493 e. The van der Waals surface area contributed by atoms with Gasteiger partial charge in [-0.3, -0.25) is 0 Å². The van der Waals surface area contributed by atoms with Gasteiger partial charge in [0.15, 0.2) is 5.69 Å². The molecule has 0 saturated carbocycles. The van der Waals surface area contributed by atoms with E-state index >= 15 is 0 Å². The number of hydrogen-bond acceptors (Lipinski definition) is 3. The summed E-state index contributed by atoms with van der Waals surface area (Å²) in [5, 5.41) is 14.5. The molecule has 0 fully saturated rings. The molecule has 3 N–H and O–H groups in total. The van der Waals surface area contributed by atoms with Gasteiger partial charge in [-0.25, -0.2) is 5.53 Å². The van der Waals surface area contributed by atoms with Gasteiger partial charge >= 0.3 is 0 Å². The molecule has 5 nitrogen and oxygen atoms in total. The Hall–Kier alpha value is -1.88. The molecule has 1 aromatic carbocycles. The Balaban J connectivity index is 2.37. The van der Waals surface area contributed by atoms with Crippen LogP contribution in [0, 0.1) is 5.53 Å². The lowest BCUT2D eigenvalue weighted by atomic mass is 10.2. The zero-order chi connectivity index (χ0) is 13.8. The van der Waals surface area contributed by atoms with Crippen molar-refractivity contribution < 1.29 is 10.0 Å². The molecule has 1 heterocycles. The Morgan fingerprint density at radius 1 is 1.26 bits per heavy atom. The van der Waals surface area contributed by atoms with Gasteiger partial charge in [0.25, 0.3) is 0 Å². The Morgan fingerprint density at radius 3 is 2.58 bits per heavy atom. The summed E-state index contributed by atoms with van der Waals surface area (Å²) in [4.78, 5) is 1.49. The summed E-state index contributed by atoms with van der Waals surface area (Å²) in [6.07, 6.45) is 0. The first-order chi connectivity index (χ1) is 9.22. The fourth-order valence-corrected chi connectivity index (χ4v) is 2.48. The van der Waals surface area contributed by atoms with Crippen LogP contribution in [0.3, 0.4) is 0 Å². The summed E-state index contributed by atoms with van der Waals surface area (Å²) < 4.78 is 1.86. The SMILES string of the molecule is CC[NH+](CC)CCn1c(O)c(N=N)c2ccccc21. The third kappa shape index (κ3) is 2.46. The lowest BCUT2D eigenvalue weighted by Crippen LogP contribution is -3.11. The molecule has 0 atom stereocenters. The maximum absolute atomic E-state index is 10.2. The molecule has 1 aromatic heterocycles. The smallest absolute Gasteiger partial charge is 0.220 e. The van der Waals surface area contributed by atoms with E-state index in [4.69, 9.17) is 5.53 Å². The van der Waals surface area contributed by atoms with E-state index in [0.717, 1.165) is 37.1 Å². The molecule has 2 rings (SSSR count). The van der Waals surface area contributed by atoms with Gasteiger partial charge in [-0.15, -0.1) is 0 Å². The van der Waals surface area contributed by atoms with Gasteiger partial charge in [0.1, 0.15) is 0 Å². The Morgan fingerprint density at radius 2 is 1.95 bits per heavy atom. The number of nitrogens with zero attached hydrogens (tertiary/aromatic N) is 2. The fraction of sp³-hybridized carbons (Fsp3) is 0.429. The van der Waals surface area contributed by atoms with Crippen molar-refractivity contribution in [3.8, 4) is 5.88 Å². The van der Waals surface area contributed by atoms with Crippen molar-refractivity contribution in [1.82, 2.24) is 4.57 Å². The minimum absolute atomic E-state index is 0.0998. The van der Waals surface area contributed by atoms with Crippen molar-refractivity contribution in [3.63, 3.8) is 0 Å². The highest BCUT2D eigenvalue weighted by Gasteiger charge is 2.16. The van der Waals surface area contributed by atoms with E-state index in [0.29, 0.717) is 5.69 Å². The van der Waals surface area contributed by atoms with Crippen LogP contribution in [0.2, 0.25) is 0 Å². The molecule has 5 heteroatoms. The molecule has 0 aliphatic heterocycles. The minimum atomic E-state index is 0.0998. The van der Waals surface area contributed by atoms with Crippen LogP contribution < -0.4 is 4.90 Å². The summed E-state index contributed by atoms with van der Waals surface area (Å²) in [6, 6.07) is 7.69. The first kappa shape index (κ1) is 13.5. The lowest BCUT2D eigenvalue weighted by Gasteiger charge is -2.16. The van der Waals surface area contributed by atoms with E-state index in [2.05, 4.69) is 19.0 Å². The summed E-state index contributed by atoms with van der Waals surface area (Å²) in [5.41, 5.74) is 8.52. The van der Waals surface area contributed by atoms with Crippen molar-refractivity contribution in [1.29, 1.82) is 5.53 Å². The molecule has 0 saturated heterocycles. The molecule has 0 unspecified atom stereocenters. The van der Waals surface area contributed by atoms with E-state index in [-0.39, 0.29) is 5.88 Å². The van der Waals surface area contributed by atoms with E-state index in [1.54, 1.807) is 0 Å². The van der Waals surface area contributed by atoms with Crippen LogP contribution in [0.4, 0.5) is 5.69 Å². The van der Waals surface area contributed by atoms with Crippen LogP contribution in [0.25, 0.3) is 10.9 Å². The number of likely N-dealkylation sites (N-methyl/N-ethyl adjacent to an activating group) is 1. The third-order valence-corrected chi connectivity index (χ3v) is 3.72. The molecule has 2 aromatic rings. The molecule has 0 bridgehead atoms. The predicted octanol–water partition coefficient (Wildman–Crippen LogP) is 1.93.